The fourth-order valence-electron chi connectivity index (χ4n) is 3.74. The topological polar surface area (TPSA) is 66.8 Å². The fourth-order valence-corrected chi connectivity index (χ4v) is 3.95. The molecule has 158 valence electrons. The van der Waals surface area contributed by atoms with E-state index in [1.165, 1.54) is 0 Å². The van der Waals surface area contributed by atoms with Crippen molar-refractivity contribution in [2.75, 3.05) is 13.2 Å². The van der Waals surface area contributed by atoms with E-state index < -0.39 is 17.7 Å². The number of aliphatic hydroxyl groups excluding tert-OH is 1. The highest BCUT2D eigenvalue weighted by atomic mass is 35.5. The van der Waals surface area contributed by atoms with E-state index in [4.69, 9.17) is 16.3 Å². The van der Waals surface area contributed by atoms with Gasteiger partial charge < -0.3 is 14.7 Å². The van der Waals surface area contributed by atoms with E-state index in [-0.39, 0.29) is 21.9 Å². The molecule has 1 N–H and O–H groups in total. The molecule has 1 heterocycles. The summed E-state index contributed by atoms with van der Waals surface area (Å²) in [6, 6.07) is 11.8. The number of Topliss-reactive ketones (excluding diaryl/α,β-unsaturated/α-hetero) is 1. The van der Waals surface area contributed by atoms with Gasteiger partial charge in [0, 0.05) is 12.1 Å². The van der Waals surface area contributed by atoms with Crippen molar-refractivity contribution >= 4 is 29.1 Å². The van der Waals surface area contributed by atoms with Gasteiger partial charge in [0.15, 0.2) is 0 Å². The van der Waals surface area contributed by atoms with Gasteiger partial charge in [-0.05, 0) is 49.6 Å². The Morgan fingerprint density at radius 3 is 2.57 bits per heavy atom. The second kappa shape index (κ2) is 9.35. The number of aliphatic hydroxyl groups is 1. The molecule has 0 radical (unpaired) electrons. The van der Waals surface area contributed by atoms with Crippen LogP contribution in [0.1, 0.15) is 49.4 Å². The molecule has 1 atom stereocenters. The zero-order valence-corrected chi connectivity index (χ0v) is 18.2. The molecule has 1 unspecified atom stereocenters. The van der Waals surface area contributed by atoms with Crippen molar-refractivity contribution in [3.8, 4) is 5.75 Å². The standard InChI is InChI=1S/C24H26ClNO4/c1-4-6-13-26-21(17-10-8-7-9-15(17)3)20(23(28)24(26)29)22(27)18-14-16(30-5-2)11-12-19(18)25/h7-12,14,21,27H,4-6,13H2,1-3H3/b22-20+. The van der Waals surface area contributed by atoms with Crippen molar-refractivity contribution < 1.29 is 19.4 Å². The Labute approximate surface area is 181 Å². The Morgan fingerprint density at radius 1 is 1.17 bits per heavy atom. The predicted molar refractivity (Wildman–Crippen MR) is 118 cm³/mol. The minimum absolute atomic E-state index is 0.0564. The quantitative estimate of drug-likeness (QED) is 0.371. The van der Waals surface area contributed by atoms with Crippen molar-refractivity contribution in [1.82, 2.24) is 4.90 Å². The number of nitrogens with zero attached hydrogens (tertiary/aromatic N) is 1. The molecule has 2 aromatic rings. The summed E-state index contributed by atoms with van der Waals surface area (Å²) in [6.07, 6.45) is 1.64. The predicted octanol–water partition coefficient (Wildman–Crippen LogP) is 5.27. The Hall–Kier alpha value is -2.79. The lowest BCUT2D eigenvalue weighted by atomic mass is 9.92. The molecule has 1 fully saturated rings. The minimum atomic E-state index is -0.699. The van der Waals surface area contributed by atoms with Gasteiger partial charge in [-0.2, -0.15) is 0 Å². The first kappa shape index (κ1) is 21.9. The van der Waals surface area contributed by atoms with Gasteiger partial charge in [0.2, 0.25) is 0 Å². The lowest BCUT2D eigenvalue weighted by molar-refractivity contribution is -0.139. The van der Waals surface area contributed by atoms with Gasteiger partial charge in [0.05, 0.1) is 23.2 Å². The van der Waals surface area contributed by atoms with Gasteiger partial charge in [-0.3, -0.25) is 9.59 Å². The molecule has 1 saturated heterocycles. The summed E-state index contributed by atoms with van der Waals surface area (Å²) in [5, 5.41) is 11.5. The van der Waals surface area contributed by atoms with Gasteiger partial charge in [-0.25, -0.2) is 0 Å². The molecule has 0 spiro atoms. The number of ketones is 1. The van der Waals surface area contributed by atoms with Crippen LogP contribution in [-0.4, -0.2) is 34.8 Å². The van der Waals surface area contributed by atoms with Crippen molar-refractivity contribution in [1.29, 1.82) is 0 Å². The number of hydrogen-bond donors (Lipinski definition) is 1. The largest absolute Gasteiger partial charge is 0.507 e. The summed E-state index contributed by atoms with van der Waals surface area (Å²) in [4.78, 5) is 27.5. The molecule has 0 saturated carbocycles. The fraction of sp³-hybridized carbons (Fsp3) is 0.333. The van der Waals surface area contributed by atoms with E-state index in [0.29, 0.717) is 18.9 Å². The molecule has 0 aromatic heterocycles. The Bertz CT molecular complexity index is 998. The zero-order valence-electron chi connectivity index (χ0n) is 17.4. The highest BCUT2D eigenvalue weighted by Gasteiger charge is 2.46. The Kier molecular flexibility index (Phi) is 6.83. The van der Waals surface area contributed by atoms with E-state index >= 15 is 0 Å². The third-order valence-electron chi connectivity index (χ3n) is 5.28. The first-order chi connectivity index (χ1) is 14.4. The monoisotopic (exact) mass is 427 g/mol. The number of ether oxygens (including phenoxy) is 1. The van der Waals surface area contributed by atoms with Gasteiger partial charge in [-0.15, -0.1) is 0 Å². The van der Waals surface area contributed by atoms with Crippen LogP contribution in [0.25, 0.3) is 5.76 Å². The van der Waals surface area contributed by atoms with Crippen LogP contribution >= 0.6 is 11.6 Å². The maximum Gasteiger partial charge on any atom is 0.295 e. The van der Waals surface area contributed by atoms with Gasteiger partial charge >= 0.3 is 0 Å². The maximum atomic E-state index is 13.0. The minimum Gasteiger partial charge on any atom is -0.507 e. The van der Waals surface area contributed by atoms with Gasteiger partial charge in [0.25, 0.3) is 11.7 Å². The number of hydrogen-bond acceptors (Lipinski definition) is 4. The van der Waals surface area contributed by atoms with Gasteiger partial charge in [0.1, 0.15) is 11.5 Å². The van der Waals surface area contributed by atoms with E-state index in [0.717, 1.165) is 24.0 Å². The summed E-state index contributed by atoms with van der Waals surface area (Å²) < 4.78 is 5.51. The average molecular weight is 428 g/mol. The summed E-state index contributed by atoms with van der Waals surface area (Å²) in [6.45, 7) is 6.69. The molecule has 1 amide bonds. The molecule has 0 bridgehead atoms. The number of benzene rings is 2. The molecular formula is C24H26ClNO4. The van der Waals surface area contributed by atoms with E-state index in [1.54, 1.807) is 23.1 Å². The number of halogens is 1. The molecule has 2 aromatic carbocycles. The number of likely N-dealkylation sites (tertiary alicyclic amines) is 1. The van der Waals surface area contributed by atoms with Crippen molar-refractivity contribution in [3.63, 3.8) is 0 Å². The number of aryl methyl sites for hydroxylation is 1. The van der Waals surface area contributed by atoms with Crippen LogP contribution in [-0.2, 0) is 9.59 Å². The van der Waals surface area contributed by atoms with E-state index in [2.05, 4.69) is 0 Å². The normalized spacial score (nSPS) is 18.1. The Balaban J connectivity index is 2.21. The summed E-state index contributed by atoms with van der Waals surface area (Å²) >= 11 is 6.34. The first-order valence-corrected chi connectivity index (χ1v) is 10.5. The molecule has 0 aliphatic carbocycles. The summed E-state index contributed by atoms with van der Waals surface area (Å²) in [5.41, 5.74) is 2.08. The van der Waals surface area contributed by atoms with Crippen molar-refractivity contribution in [2.45, 2.75) is 39.7 Å². The second-order valence-corrected chi connectivity index (χ2v) is 7.68. The summed E-state index contributed by atoms with van der Waals surface area (Å²) in [7, 11) is 0. The third-order valence-corrected chi connectivity index (χ3v) is 5.61. The molecule has 1 aliphatic heterocycles. The number of unbranched alkanes of at least 4 members (excludes halogenated alkanes) is 1. The van der Waals surface area contributed by atoms with Crippen molar-refractivity contribution in [2.24, 2.45) is 0 Å². The van der Waals surface area contributed by atoms with E-state index in [9.17, 15) is 14.7 Å². The number of rotatable bonds is 7. The summed E-state index contributed by atoms with van der Waals surface area (Å²) in [5.74, 6) is -1.06. The maximum absolute atomic E-state index is 13.0. The van der Waals surface area contributed by atoms with Crippen LogP contribution in [0.4, 0.5) is 0 Å². The Morgan fingerprint density at radius 2 is 1.90 bits per heavy atom. The highest BCUT2D eigenvalue weighted by molar-refractivity contribution is 6.47. The molecule has 5 nitrogen and oxygen atoms in total. The van der Waals surface area contributed by atoms with Crippen LogP contribution in [0.15, 0.2) is 48.0 Å². The smallest absolute Gasteiger partial charge is 0.295 e. The third kappa shape index (κ3) is 4.08. The second-order valence-electron chi connectivity index (χ2n) is 7.28. The van der Waals surface area contributed by atoms with E-state index in [1.807, 2.05) is 45.0 Å². The van der Waals surface area contributed by atoms with Crippen LogP contribution in [0.3, 0.4) is 0 Å². The van der Waals surface area contributed by atoms with Crippen LogP contribution in [0.2, 0.25) is 5.02 Å². The van der Waals surface area contributed by atoms with Crippen LogP contribution in [0, 0.1) is 6.92 Å². The van der Waals surface area contributed by atoms with Crippen LogP contribution in [0.5, 0.6) is 5.75 Å². The number of carbonyl (C=O) groups excluding carboxylic acids is 2. The average Bonchev–Trinajstić information content (AvgIpc) is 2.98. The lowest BCUT2D eigenvalue weighted by Gasteiger charge is -2.26. The molecule has 3 rings (SSSR count). The SMILES string of the molecule is CCCCN1C(=O)C(=O)/C(=C(/O)c2cc(OCC)ccc2Cl)C1c1ccccc1C. The lowest BCUT2D eigenvalue weighted by Crippen LogP contribution is -2.30. The molecule has 6 heteroatoms. The first-order valence-electron chi connectivity index (χ1n) is 10.2. The molecular weight excluding hydrogens is 402 g/mol. The van der Waals surface area contributed by atoms with Gasteiger partial charge in [-0.1, -0.05) is 49.2 Å². The number of carbonyl (C=O) groups is 2. The van der Waals surface area contributed by atoms with Crippen molar-refractivity contribution in [3.05, 3.63) is 69.8 Å². The zero-order chi connectivity index (χ0) is 21.8. The highest BCUT2D eigenvalue weighted by Crippen LogP contribution is 2.42. The molecule has 30 heavy (non-hydrogen) atoms. The molecule has 1 aliphatic rings. The van der Waals surface area contributed by atoms with Crippen LogP contribution < -0.4 is 4.74 Å². The number of amides is 1.